The van der Waals surface area contributed by atoms with Crippen LogP contribution in [0.15, 0.2) is 48.8 Å². The summed E-state index contributed by atoms with van der Waals surface area (Å²) in [6.45, 7) is 15.7. The van der Waals surface area contributed by atoms with Crippen LogP contribution in [0.3, 0.4) is 0 Å². The maximum Gasteiger partial charge on any atom is 0.192 e. The molecule has 1 unspecified atom stereocenters. The van der Waals surface area contributed by atoms with Gasteiger partial charge >= 0.3 is 0 Å². The van der Waals surface area contributed by atoms with E-state index in [2.05, 4.69) is 80.7 Å². The van der Waals surface area contributed by atoms with E-state index in [1.807, 2.05) is 30.2 Å². The zero-order chi connectivity index (χ0) is 24.9. The van der Waals surface area contributed by atoms with Gasteiger partial charge in [0, 0.05) is 42.5 Å². The number of fused-ring (bicyclic) bond motifs is 1. The molecule has 0 spiro atoms. The SMILES string of the molecule is CC1(CO[Si](C)(C)C(C)(C)C)Cc2nnc(C3(c4ccc(-c5cccnc5)cc4)CC3)n2CCS1. The molecule has 186 valence electrons. The van der Waals surface area contributed by atoms with Crippen LogP contribution in [0.5, 0.6) is 0 Å². The Morgan fingerprint density at radius 2 is 1.80 bits per heavy atom. The Labute approximate surface area is 215 Å². The highest BCUT2D eigenvalue weighted by Gasteiger charge is 2.51. The second kappa shape index (κ2) is 8.85. The minimum Gasteiger partial charge on any atom is -0.415 e. The molecular weight excluding hydrogens is 468 g/mol. The maximum atomic E-state index is 6.67. The fraction of sp³-hybridized carbons (Fsp3) is 0.536. The molecule has 0 saturated heterocycles. The molecule has 0 N–H and O–H groups in total. The number of rotatable bonds is 6. The van der Waals surface area contributed by atoms with Crippen molar-refractivity contribution in [3.63, 3.8) is 0 Å². The van der Waals surface area contributed by atoms with E-state index in [0.717, 1.165) is 55.4 Å². The van der Waals surface area contributed by atoms with E-state index >= 15 is 0 Å². The van der Waals surface area contributed by atoms with Crippen molar-refractivity contribution in [3.05, 3.63) is 66.0 Å². The van der Waals surface area contributed by atoms with Crippen molar-refractivity contribution >= 4 is 20.1 Å². The topological polar surface area (TPSA) is 52.8 Å². The second-order valence-corrected chi connectivity index (χ2v) is 18.5. The highest BCUT2D eigenvalue weighted by molar-refractivity contribution is 8.00. The number of hydrogen-bond acceptors (Lipinski definition) is 5. The normalized spacial score (nSPS) is 21.9. The van der Waals surface area contributed by atoms with Crippen molar-refractivity contribution < 1.29 is 4.43 Å². The number of pyridine rings is 1. The minimum atomic E-state index is -1.79. The van der Waals surface area contributed by atoms with Crippen LogP contribution in [-0.2, 0) is 22.8 Å². The average Bonchev–Trinajstić information content (AvgIpc) is 3.57. The third kappa shape index (κ3) is 4.75. The molecule has 0 bridgehead atoms. The Kier molecular flexibility index (Phi) is 6.25. The van der Waals surface area contributed by atoms with Crippen molar-refractivity contribution in [2.75, 3.05) is 12.4 Å². The predicted octanol–water partition coefficient (Wildman–Crippen LogP) is 6.49. The van der Waals surface area contributed by atoms with Gasteiger partial charge in [-0.15, -0.1) is 10.2 Å². The van der Waals surface area contributed by atoms with Gasteiger partial charge in [0.2, 0.25) is 0 Å². The highest BCUT2D eigenvalue weighted by Crippen LogP contribution is 2.53. The van der Waals surface area contributed by atoms with Crippen LogP contribution in [0.2, 0.25) is 18.1 Å². The highest BCUT2D eigenvalue weighted by atomic mass is 32.2. The summed E-state index contributed by atoms with van der Waals surface area (Å²) in [5.74, 6) is 3.33. The first-order chi connectivity index (χ1) is 16.5. The van der Waals surface area contributed by atoms with Gasteiger partial charge in [0.05, 0.1) is 5.41 Å². The molecule has 1 aliphatic carbocycles. The van der Waals surface area contributed by atoms with Crippen LogP contribution in [0.4, 0.5) is 0 Å². The van der Waals surface area contributed by atoms with E-state index in [-0.39, 0.29) is 15.2 Å². The molecule has 5 rings (SSSR count). The van der Waals surface area contributed by atoms with Crippen molar-refractivity contribution in [2.45, 2.75) is 81.8 Å². The van der Waals surface area contributed by atoms with Crippen molar-refractivity contribution in [1.29, 1.82) is 0 Å². The number of nitrogens with zero attached hydrogens (tertiary/aromatic N) is 4. The smallest absolute Gasteiger partial charge is 0.192 e. The van der Waals surface area contributed by atoms with Crippen LogP contribution in [0.25, 0.3) is 11.1 Å². The van der Waals surface area contributed by atoms with Crippen LogP contribution in [0, 0.1) is 0 Å². The molecule has 7 heteroatoms. The zero-order valence-electron chi connectivity index (χ0n) is 22.0. The summed E-state index contributed by atoms with van der Waals surface area (Å²) >= 11 is 2.04. The standard InChI is InChI=1S/C28H38N4OSSi/c1-26(2,3)35(5,6)33-20-27(4)18-24-30-31-25(32(24)16-17-34-27)28(13-14-28)23-11-9-21(10-12-23)22-8-7-15-29-19-22/h7-12,15,19H,13-14,16-18,20H2,1-6H3. The van der Waals surface area contributed by atoms with Crippen LogP contribution in [0.1, 0.15) is 57.7 Å². The van der Waals surface area contributed by atoms with Gasteiger partial charge in [-0.2, -0.15) is 11.8 Å². The summed E-state index contributed by atoms with van der Waals surface area (Å²) in [4.78, 5) is 4.26. The van der Waals surface area contributed by atoms with Gasteiger partial charge in [0.25, 0.3) is 0 Å². The van der Waals surface area contributed by atoms with E-state index in [4.69, 9.17) is 14.6 Å². The van der Waals surface area contributed by atoms with Gasteiger partial charge in [-0.1, -0.05) is 51.1 Å². The first-order valence-corrected chi connectivity index (χ1v) is 16.6. The second-order valence-electron chi connectivity index (χ2n) is 12.0. The Bertz CT molecular complexity index is 1180. The molecule has 1 fully saturated rings. The molecule has 35 heavy (non-hydrogen) atoms. The predicted molar refractivity (Wildman–Crippen MR) is 147 cm³/mol. The Hall–Kier alpha value is -1.96. The van der Waals surface area contributed by atoms with Gasteiger partial charge in [-0.25, -0.2) is 0 Å². The van der Waals surface area contributed by atoms with Gasteiger partial charge in [-0.05, 0) is 60.7 Å². The average molecular weight is 507 g/mol. The van der Waals surface area contributed by atoms with E-state index in [1.165, 1.54) is 11.1 Å². The first-order valence-electron chi connectivity index (χ1n) is 12.7. The Morgan fingerprint density at radius 1 is 1.06 bits per heavy atom. The quantitative estimate of drug-likeness (QED) is 0.358. The van der Waals surface area contributed by atoms with Gasteiger partial charge in [0.15, 0.2) is 8.32 Å². The summed E-state index contributed by atoms with van der Waals surface area (Å²) in [6, 6.07) is 13.1. The molecule has 0 radical (unpaired) electrons. The molecule has 1 atom stereocenters. The van der Waals surface area contributed by atoms with Crippen molar-refractivity contribution in [2.24, 2.45) is 0 Å². The van der Waals surface area contributed by atoms with E-state index in [0.29, 0.717) is 0 Å². The van der Waals surface area contributed by atoms with Gasteiger partial charge in [0.1, 0.15) is 11.6 Å². The molecule has 2 aliphatic rings. The molecule has 2 aromatic heterocycles. The fourth-order valence-electron chi connectivity index (χ4n) is 4.75. The lowest BCUT2D eigenvalue weighted by Gasteiger charge is -2.39. The third-order valence-electron chi connectivity index (χ3n) is 8.28. The third-order valence-corrected chi connectivity index (χ3v) is 14.1. The fourth-order valence-corrected chi connectivity index (χ4v) is 7.10. The largest absolute Gasteiger partial charge is 0.415 e. The monoisotopic (exact) mass is 506 g/mol. The molecule has 3 aromatic rings. The number of thioether (sulfide) groups is 1. The molecule has 1 aliphatic heterocycles. The van der Waals surface area contributed by atoms with Crippen molar-refractivity contribution in [1.82, 2.24) is 19.7 Å². The zero-order valence-corrected chi connectivity index (χ0v) is 23.8. The number of hydrogen-bond donors (Lipinski definition) is 0. The lowest BCUT2D eigenvalue weighted by molar-refractivity contribution is 0.252. The van der Waals surface area contributed by atoms with Crippen LogP contribution >= 0.6 is 11.8 Å². The van der Waals surface area contributed by atoms with Crippen LogP contribution in [-0.4, -0.2) is 45.2 Å². The molecule has 0 amide bonds. The minimum absolute atomic E-state index is 0.00175. The summed E-state index contributed by atoms with van der Waals surface area (Å²) < 4.78 is 9.11. The first kappa shape index (κ1) is 24.7. The van der Waals surface area contributed by atoms with E-state index < -0.39 is 8.32 Å². The number of aromatic nitrogens is 4. The molecule has 5 nitrogen and oxygen atoms in total. The molecular formula is C28H38N4OSSi. The maximum absolute atomic E-state index is 6.67. The molecule has 3 heterocycles. The van der Waals surface area contributed by atoms with Crippen LogP contribution < -0.4 is 0 Å². The summed E-state index contributed by atoms with van der Waals surface area (Å²) in [6.07, 6.45) is 6.91. The van der Waals surface area contributed by atoms with Gasteiger partial charge in [-0.3, -0.25) is 4.98 Å². The van der Waals surface area contributed by atoms with Crippen molar-refractivity contribution in [3.8, 4) is 11.1 Å². The van der Waals surface area contributed by atoms with E-state index in [9.17, 15) is 0 Å². The lowest BCUT2D eigenvalue weighted by Crippen LogP contribution is -2.45. The van der Waals surface area contributed by atoms with E-state index in [1.54, 1.807) is 0 Å². The Balaban J connectivity index is 1.36. The lowest BCUT2D eigenvalue weighted by atomic mass is 9.93. The summed E-state index contributed by atoms with van der Waals surface area (Å²) in [7, 11) is -1.79. The number of benzene rings is 1. The molecule has 1 saturated carbocycles. The summed E-state index contributed by atoms with van der Waals surface area (Å²) in [5.41, 5.74) is 3.70. The van der Waals surface area contributed by atoms with Gasteiger partial charge < -0.3 is 8.99 Å². The molecule has 1 aromatic carbocycles. The summed E-state index contributed by atoms with van der Waals surface area (Å²) in [5, 5.41) is 9.77. The Morgan fingerprint density at radius 3 is 2.43 bits per heavy atom.